The molecule has 104 valence electrons. The maximum Gasteiger partial charge on any atom is 0.300 e. The Labute approximate surface area is 118 Å². The van der Waals surface area contributed by atoms with Gasteiger partial charge in [-0.3, -0.25) is 20.2 Å². The Morgan fingerprint density at radius 3 is 2.90 bits per heavy atom. The summed E-state index contributed by atoms with van der Waals surface area (Å²) in [5.41, 5.74) is -0.406. The number of pyridine rings is 1. The number of carbonyl (C=O) groups excluding carboxylic acids is 1. The van der Waals surface area contributed by atoms with Gasteiger partial charge in [0.1, 0.15) is 17.6 Å². The van der Waals surface area contributed by atoms with E-state index in [0.717, 1.165) is 6.20 Å². The van der Waals surface area contributed by atoms with Crippen molar-refractivity contribution in [3.05, 3.63) is 39.5 Å². The van der Waals surface area contributed by atoms with Crippen molar-refractivity contribution < 1.29 is 9.72 Å². The molecule has 0 unspecified atom stereocenters. The highest BCUT2D eigenvalue weighted by atomic mass is 32.1. The van der Waals surface area contributed by atoms with E-state index in [1.54, 1.807) is 5.38 Å². The third-order valence-electron chi connectivity index (χ3n) is 2.33. The zero-order valence-electron chi connectivity index (χ0n) is 10.5. The molecule has 2 N–H and O–H groups in total. The van der Waals surface area contributed by atoms with Crippen molar-refractivity contribution >= 4 is 33.9 Å². The zero-order chi connectivity index (χ0) is 14.5. The third kappa shape index (κ3) is 3.06. The van der Waals surface area contributed by atoms with Gasteiger partial charge in [0.05, 0.1) is 4.92 Å². The quantitative estimate of drug-likeness (QED) is 0.645. The van der Waals surface area contributed by atoms with Crippen LogP contribution in [0.3, 0.4) is 0 Å². The molecule has 1 amide bonds. The number of nitrogens with one attached hydrogen (secondary N) is 2. The number of amides is 1. The molecule has 0 aliphatic carbocycles. The van der Waals surface area contributed by atoms with Crippen LogP contribution < -0.4 is 10.6 Å². The standard InChI is InChI=1S/C11H11N5O3S/c1-2-12-9-5-7(8(6-14-9)16(18)19)10(17)15-11-13-3-4-20-11/h3-6H,2H2,1H3,(H,12,14)(H,13,15,17). The first-order valence-corrected chi connectivity index (χ1v) is 6.59. The SMILES string of the molecule is CCNc1cc(C(=O)Nc2nccs2)c([N+](=O)[O-])cn1. The predicted molar refractivity (Wildman–Crippen MR) is 75.1 cm³/mol. The van der Waals surface area contributed by atoms with Crippen molar-refractivity contribution in [3.8, 4) is 0 Å². The molecule has 2 aromatic heterocycles. The molecule has 0 bridgehead atoms. The lowest BCUT2D eigenvalue weighted by Crippen LogP contribution is -2.15. The molecule has 0 aromatic carbocycles. The molecule has 2 aromatic rings. The first-order valence-electron chi connectivity index (χ1n) is 5.71. The molecular formula is C11H11N5O3S. The summed E-state index contributed by atoms with van der Waals surface area (Å²) in [6.07, 6.45) is 2.60. The van der Waals surface area contributed by atoms with E-state index in [-0.39, 0.29) is 11.3 Å². The van der Waals surface area contributed by atoms with Gasteiger partial charge in [0.15, 0.2) is 5.13 Å². The van der Waals surface area contributed by atoms with Crippen LogP contribution in [0.2, 0.25) is 0 Å². The zero-order valence-corrected chi connectivity index (χ0v) is 11.3. The van der Waals surface area contributed by atoms with E-state index in [0.29, 0.717) is 17.5 Å². The molecule has 0 fully saturated rings. The fraction of sp³-hybridized carbons (Fsp3) is 0.182. The van der Waals surface area contributed by atoms with Crippen LogP contribution in [0.1, 0.15) is 17.3 Å². The Morgan fingerprint density at radius 1 is 1.50 bits per heavy atom. The van der Waals surface area contributed by atoms with E-state index >= 15 is 0 Å². The Morgan fingerprint density at radius 2 is 2.30 bits per heavy atom. The van der Waals surface area contributed by atoms with E-state index in [1.165, 1.54) is 23.6 Å². The number of nitrogens with zero attached hydrogens (tertiary/aromatic N) is 3. The summed E-state index contributed by atoms with van der Waals surface area (Å²) in [6.45, 7) is 2.46. The summed E-state index contributed by atoms with van der Waals surface area (Å²) in [4.78, 5) is 30.2. The molecule has 0 saturated heterocycles. The van der Waals surface area contributed by atoms with Crippen LogP contribution in [0.5, 0.6) is 0 Å². The molecule has 20 heavy (non-hydrogen) atoms. The minimum atomic E-state index is -0.639. The van der Waals surface area contributed by atoms with Crippen molar-refractivity contribution in [2.75, 3.05) is 17.2 Å². The largest absolute Gasteiger partial charge is 0.370 e. The Hall–Kier alpha value is -2.55. The van der Waals surface area contributed by atoms with Gasteiger partial charge in [0, 0.05) is 24.2 Å². The fourth-order valence-corrected chi connectivity index (χ4v) is 2.03. The van der Waals surface area contributed by atoms with Crippen LogP contribution >= 0.6 is 11.3 Å². The normalized spacial score (nSPS) is 10.1. The lowest BCUT2D eigenvalue weighted by molar-refractivity contribution is -0.385. The summed E-state index contributed by atoms with van der Waals surface area (Å²) in [5, 5.41) is 18.4. The summed E-state index contributed by atoms with van der Waals surface area (Å²) in [7, 11) is 0. The molecule has 0 aliphatic rings. The monoisotopic (exact) mass is 293 g/mol. The van der Waals surface area contributed by atoms with Gasteiger partial charge in [-0.05, 0) is 6.92 Å². The van der Waals surface area contributed by atoms with Crippen LogP contribution in [-0.4, -0.2) is 27.3 Å². The highest BCUT2D eigenvalue weighted by Gasteiger charge is 2.22. The second-order valence-electron chi connectivity index (χ2n) is 3.67. The number of hydrogen-bond donors (Lipinski definition) is 2. The lowest BCUT2D eigenvalue weighted by atomic mass is 10.2. The van der Waals surface area contributed by atoms with Crippen molar-refractivity contribution in [1.29, 1.82) is 0 Å². The number of carbonyl (C=O) groups is 1. The van der Waals surface area contributed by atoms with Gasteiger partial charge in [-0.15, -0.1) is 11.3 Å². The number of hydrogen-bond acceptors (Lipinski definition) is 7. The van der Waals surface area contributed by atoms with Gasteiger partial charge in [-0.1, -0.05) is 0 Å². The first kappa shape index (κ1) is 13.9. The lowest BCUT2D eigenvalue weighted by Gasteiger charge is -2.06. The molecule has 0 aliphatic heterocycles. The van der Waals surface area contributed by atoms with Crippen LogP contribution in [0, 0.1) is 10.1 Å². The minimum absolute atomic E-state index is 0.0591. The topological polar surface area (TPSA) is 110 Å². The average Bonchev–Trinajstić information content (AvgIpc) is 2.91. The molecule has 2 heterocycles. The van der Waals surface area contributed by atoms with Gasteiger partial charge >= 0.3 is 0 Å². The number of rotatable bonds is 5. The third-order valence-corrected chi connectivity index (χ3v) is 3.02. The average molecular weight is 293 g/mol. The Bertz CT molecular complexity index is 629. The van der Waals surface area contributed by atoms with Gasteiger partial charge in [-0.2, -0.15) is 0 Å². The van der Waals surface area contributed by atoms with Crippen LogP contribution in [0.25, 0.3) is 0 Å². The van der Waals surface area contributed by atoms with Gasteiger partial charge in [0.2, 0.25) is 0 Å². The summed E-state index contributed by atoms with van der Waals surface area (Å²) in [6, 6.07) is 1.35. The van der Waals surface area contributed by atoms with E-state index in [4.69, 9.17) is 0 Å². The molecular weight excluding hydrogens is 282 g/mol. The van der Waals surface area contributed by atoms with Gasteiger partial charge in [-0.25, -0.2) is 9.97 Å². The summed E-state index contributed by atoms with van der Waals surface area (Å²) >= 11 is 1.23. The number of nitro groups is 1. The molecule has 0 radical (unpaired) electrons. The predicted octanol–water partition coefficient (Wildman–Crippen LogP) is 2.13. The van der Waals surface area contributed by atoms with Crippen LogP contribution in [0.15, 0.2) is 23.8 Å². The maximum atomic E-state index is 12.1. The number of thiazole rings is 1. The van der Waals surface area contributed by atoms with Crippen molar-refractivity contribution in [2.24, 2.45) is 0 Å². The first-order chi connectivity index (χ1) is 9.61. The van der Waals surface area contributed by atoms with E-state index < -0.39 is 10.8 Å². The minimum Gasteiger partial charge on any atom is -0.370 e. The Kier molecular flexibility index (Phi) is 4.20. The number of anilines is 2. The van der Waals surface area contributed by atoms with E-state index in [2.05, 4.69) is 20.6 Å². The number of aromatic nitrogens is 2. The maximum absolute atomic E-state index is 12.1. The fourth-order valence-electron chi connectivity index (χ4n) is 1.50. The van der Waals surface area contributed by atoms with Crippen LogP contribution in [-0.2, 0) is 0 Å². The second-order valence-corrected chi connectivity index (χ2v) is 4.56. The molecule has 2 rings (SSSR count). The van der Waals surface area contributed by atoms with Crippen molar-refractivity contribution in [1.82, 2.24) is 9.97 Å². The molecule has 0 saturated carbocycles. The highest BCUT2D eigenvalue weighted by molar-refractivity contribution is 7.13. The van der Waals surface area contributed by atoms with Gasteiger partial charge < -0.3 is 5.32 Å². The molecule has 0 atom stereocenters. The smallest absolute Gasteiger partial charge is 0.300 e. The van der Waals surface area contributed by atoms with Crippen molar-refractivity contribution in [3.63, 3.8) is 0 Å². The summed E-state index contributed by atoms with van der Waals surface area (Å²) in [5.74, 6) is -0.185. The van der Waals surface area contributed by atoms with Crippen molar-refractivity contribution in [2.45, 2.75) is 6.92 Å². The van der Waals surface area contributed by atoms with E-state index in [1.807, 2.05) is 6.92 Å². The summed E-state index contributed by atoms with van der Waals surface area (Å²) < 4.78 is 0. The Balaban J connectivity index is 2.33. The molecule has 9 heteroatoms. The highest BCUT2D eigenvalue weighted by Crippen LogP contribution is 2.22. The van der Waals surface area contributed by atoms with Crippen LogP contribution in [0.4, 0.5) is 16.6 Å². The van der Waals surface area contributed by atoms with Gasteiger partial charge in [0.25, 0.3) is 11.6 Å². The molecule has 0 spiro atoms. The molecule has 8 nitrogen and oxygen atoms in total. The second kappa shape index (κ2) is 6.06. The van der Waals surface area contributed by atoms with E-state index in [9.17, 15) is 14.9 Å².